The molecule has 0 radical (unpaired) electrons. The van der Waals surface area contributed by atoms with Crippen LogP contribution < -0.4 is 27.4 Å². The summed E-state index contributed by atoms with van der Waals surface area (Å²) in [4.78, 5) is 49.6. The largest absolute Gasteiger partial charge is 0.480 e. The van der Waals surface area contributed by atoms with Gasteiger partial charge in [-0.1, -0.05) is 20.3 Å². The fraction of sp³-hybridized carbons (Fsp3) is 0.800. The third kappa shape index (κ3) is 11.4. The lowest BCUT2D eigenvalue weighted by Crippen LogP contribution is -2.58. The Bertz CT molecular complexity index is 611. The van der Waals surface area contributed by atoms with Crippen molar-refractivity contribution in [3.8, 4) is 0 Å². The molecule has 0 saturated heterocycles. The smallest absolute Gasteiger partial charge is 0.326 e. The van der Waals surface area contributed by atoms with Crippen molar-refractivity contribution >= 4 is 48.1 Å². The van der Waals surface area contributed by atoms with Crippen molar-refractivity contribution in [2.75, 3.05) is 24.3 Å². The molecule has 0 rings (SSSR count). The van der Waals surface area contributed by atoms with Gasteiger partial charge in [-0.25, -0.2) is 4.79 Å². The summed E-state index contributed by atoms with van der Waals surface area (Å²) in [6, 6.07) is -3.76. The number of thioether (sulfide) groups is 1. The van der Waals surface area contributed by atoms with Gasteiger partial charge < -0.3 is 32.5 Å². The highest BCUT2D eigenvalue weighted by molar-refractivity contribution is 7.98. The van der Waals surface area contributed by atoms with E-state index in [0.717, 1.165) is 0 Å². The van der Waals surface area contributed by atoms with Crippen LogP contribution in [0.25, 0.3) is 0 Å². The van der Waals surface area contributed by atoms with Gasteiger partial charge in [0.2, 0.25) is 17.7 Å². The molecule has 0 aromatic heterocycles. The molecule has 0 aliphatic carbocycles. The highest BCUT2D eigenvalue weighted by Gasteiger charge is 2.31. The van der Waals surface area contributed by atoms with E-state index >= 15 is 0 Å². The molecular formula is C20H39N5O5S2. The second-order valence-corrected chi connectivity index (χ2v) is 9.04. The summed E-state index contributed by atoms with van der Waals surface area (Å²) < 4.78 is 0. The quantitative estimate of drug-likeness (QED) is 0.107. The summed E-state index contributed by atoms with van der Waals surface area (Å²) in [7, 11) is 0. The second-order valence-electron chi connectivity index (χ2n) is 7.69. The fourth-order valence-corrected chi connectivity index (χ4v) is 3.47. The molecule has 0 aromatic rings. The molecule has 10 nitrogen and oxygen atoms in total. The zero-order chi connectivity index (χ0) is 24.7. The van der Waals surface area contributed by atoms with E-state index in [1.165, 1.54) is 11.8 Å². The minimum absolute atomic E-state index is 0.124. The van der Waals surface area contributed by atoms with Crippen LogP contribution in [0.4, 0.5) is 0 Å². The van der Waals surface area contributed by atoms with Crippen molar-refractivity contribution in [3.63, 3.8) is 0 Å². The van der Waals surface area contributed by atoms with Crippen LogP contribution in [0.15, 0.2) is 0 Å². The summed E-state index contributed by atoms with van der Waals surface area (Å²) in [6.45, 7) is 4.00. The van der Waals surface area contributed by atoms with Crippen molar-refractivity contribution in [1.29, 1.82) is 0 Å². The number of nitrogens with two attached hydrogens (primary N) is 2. The van der Waals surface area contributed by atoms with Gasteiger partial charge in [0.15, 0.2) is 0 Å². The first-order valence-corrected chi connectivity index (χ1v) is 12.8. The van der Waals surface area contributed by atoms with Crippen LogP contribution in [0.1, 0.15) is 46.0 Å². The van der Waals surface area contributed by atoms with Crippen molar-refractivity contribution in [2.45, 2.75) is 70.1 Å². The van der Waals surface area contributed by atoms with E-state index in [0.29, 0.717) is 44.4 Å². The maximum absolute atomic E-state index is 12.9. The van der Waals surface area contributed by atoms with Crippen LogP contribution >= 0.6 is 24.4 Å². The first-order chi connectivity index (χ1) is 15.1. The lowest BCUT2D eigenvalue weighted by Gasteiger charge is -2.26. The normalized spacial score (nSPS) is 15.7. The lowest BCUT2D eigenvalue weighted by molar-refractivity contribution is -0.144. The molecule has 0 saturated carbocycles. The number of carboxylic acid groups (broad SMARTS) is 1. The Morgan fingerprint density at radius 1 is 1.00 bits per heavy atom. The third-order valence-electron chi connectivity index (χ3n) is 5.13. The number of unbranched alkanes of at least 4 members (excludes halogenated alkanes) is 1. The number of hydrogen-bond donors (Lipinski definition) is 7. The van der Waals surface area contributed by atoms with Crippen LogP contribution in [0, 0.1) is 5.92 Å². The average Bonchev–Trinajstić information content (AvgIpc) is 2.77. The first kappa shape index (κ1) is 30.5. The molecule has 32 heavy (non-hydrogen) atoms. The summed E-state index contributed by atoms with van der Waals surface area (Å²) in [5.41, 5.74) is 11.2. The van der Waals surface area contributed by atoms with Crippen molar-refractivity contribution < 1.29 is 24.3 Å². The maximum Gasteiger partial charge on any atom is 0.326 e. The zero-order valence-corrected chi connectivity index (χ0v) is 20.8. The van der Waals surface area contributed by atoms with Gasteiger partial charge in [0.25, 0.3) is 0 Å². The van der Waals surface area contributed by atoms with E-state index in [-0.39, 0.29) is 11.7 Å². The van der Waals surface area contributed by atoms with Gasteiger partial charge in [0.05, 0.1) is 6.04 Å². The number of thiol groups is 1. The molecule has 0 bridgehead atoms. The molecular weight excluding hydrogens is 454 g/mol. The second kappa shape index (κ2) is 17.0. The minimum atomic E-state index is -1.13. The number of aliphatic carboxylic acids is 1. The van der Waals surface area contributed by atoms with Gasteiger partial charge in [-0.2, -0.15) is 24.4 Å². The van der Waals surface area contributed by atoms with E-state index < -0.39 is 47.9 Å². The number of carbonyl (C=O) groups excluding carboxylic acids is 3. The summed E-state index contributed by atoms with van der Waals surface area (Å²) >= 11 is 5.51. The summed E-state index contributed by atoms with van der Waals surface area (Å²) in [5.74, 6) is -2.30. The molecule has 3 amide bonds. The summed E-state index contributed by atoms with van der Waals surface area (Å²) in [6.07, 6.45) is 4.30. The van der Waals surface area contributed by atoms with E-state index in [1.54, 1.807) is 6.92 Å². The minimum Gasteiger partial charge on any atom is -0.480 e. The monoisotopic (exact) mass is 493 g/mol. The van der Waals surface area contributed by atoms with Crippen LogP contribution in [0.3, 0.4) is 0 Å². The number of rotatable bonds is 17. The van der Waals surface area contributed by atoms with Crippen LogP contribution in [-0.2, 0) is 19.2 Å². The topological polar surface area (TPSA) is 177 Å². The van der Waals surface area contributed by atoms with Gasteiger partial charge in [-0.15, -0.1) is 0 Å². The predicted molar refractivity (Wildman–Crippen MR) is 131 cm³/mol. The number of carboxylic acids is 1. The molecule has 0 spiro atoms. The van der Waals surface area contributed by atoms with E-state index in [2.05, 4.69) is 28.6 Å². The molecule has 186 valence electrons. The molecule has 5 unspecified atom stereocenters. The van der Waals surface area contributed by atoms with Crippen LogP contribution in [0.2, 0.25) is 0 Å². The molecule has 8 N–H and O–H groups in total. The molecule has 0 heterocycles. The zero-order valence-electron chi connectivity index (χ0n) is 19.1. The standard InChI is InChI=1S/C20H39N5O5S2/c1-4-12(2)16(20(29)30)25-19(28)14(7-5-6-9-21)24-18(27)15(8-10-32-3)23-17(26)13(22)11-31/h12-16,31H,4-11,21-22H2,1-3H3,(H,23,26)(H,24,27)(H,25,28)(H,29,30). The van der Waals surface area contributed by atoms with Crippen molar-refractivity contribution in [3.05, 3.63) is 0 Å². The van der Waals surface area contributed by atoms with Gasteiger partial charge in [-0.3, -0.25) is 14.4 Å². The molecule has 0 aliphatic heterocycles. The average molecular weight is 494 g/mol. The summed E-state index contributed by atoms with van der Waals surface area (Å²) in [5, 5.41) is 17.3. The van der Waals surface area contributed by atoms with Crippen molar-refractivity contribution in [2.24, 2.45) is 17.4 Å². The number of hydrogen-bond acceptors (Lipinski definition) is 8. The number of carbonyl (C=O) groups is 4. The Hall–Kier alpha value is -1.50. The van der Waals surface area contributed by atoms with Gasteiger partial charge >= 0.3 is 5.97 Å². The van der Waals surface area contributed by atoms with E-state index in [1.807, 2.05) is 13.2 Å². The molecule has 0 fully saturated rings. The Labute approximate surface area is 200 Å². The molecule has 0 aliphatic rings. The van der Waals surface area contributed by atoms with E-state index in [4.69, 9.17) is 11.5 Å². The Morgan fingerprint density at radius 2 is 1.56 bits per heavy atom. The fourth-order valence-electron chi connectivity index (χ4n) is 2.84. The third-order valence-corrected chi connectivity index (χ3v) is 6.17. The van der Waals surface area contributed by atoms with Crippen LogP contribution in [-0.4, -0.2) is 77.3 Å². The molecule has 12 heteroatoms. The van der Waals surface area contributed by atoms with Gasteiger partial charge in [0, 0.05) is 5.75 Å². The lowest BCUT2D eigenvalue weighted by atomic mass is 9.98. The van der Waals surface area contributed by atoms with Gasteiger partial charge in [-0.05, 0) is 50.2 Å². The Morgan fingerprint density at radius 3 is 2.06 bits per heavy atom. The van der Waals surface area contributed by atoms with E-state index in [9.17, 15) is 24.3 Å². The maximum atomic E-state index is 12.9. The molecule has 5 atom stereocenters. The van der Waals surface area contributed by atoms with Crippen molar-refractivity contribution in [1.82, 2.24) is 16.0 Å². The number of nitrogens with one attached hydrogen (secondary N) is 3. The Balaban J connectivity index is 5.46. The first-order valence-electron chi connectivity index (χ1n) is 10.8. The molecule has 0 aromatic carbocycles. The predicted octanol–water partition coefficient (Wildman–Crippen LogP) is -0.289. The highest BCUT2D eigenvalue weighted by atomic mass is 32.2. The number of amides is 3. The van der Waals surface area contributed by atoms with Gasteiger partial charge in [0.1, 0.15) is 18.1 Å². The SMILES string of the molecule is CCC(C)C(NC(=O)C(CCCCN)NC(=O)C(CCSC)NC(=O)C(N)CS)C(=O)O. The highest BCUT2D eigenvalue weighted by Crippen LogP contribution is 2.10. The van der Waals surface area contributed by atoms with Crippen LogP contribution in [0.5, 0.6) is 0 Å². The Kier molecular flexibility index (Phi) is 16.2.